The lowest BCUT2D eigenvalue weighted by Crippen LogP contribution is -2.40. The third kappa shape index (κ3) is 5.43. The summed E-state index contributed by atoms with van der Waals surface area (Å²) in [5.41, 5.74) is 10.6. The lowest BCUT2D eigenvalue weighted by atomic mass is 10.0. The number of hydrogen-bond donors (Lipinski definition) is 1. The second-order valence-electron chi connectivity index (χ2n) is 6.99. The zero-order valence-corrected chi connectivity index (χ0v) is 17.5. The molecule has 0 bridgehead atoms. The number of carbonyl (C=O) groups excluding carboxylic acids is 1. The SMILES string of the molecule is Cc1ccc(N(CCc2ccccc2F)C(=O)C(N)c2ccccc2)cc1C.Cl. The Labute approximate surface area is 177 Å². The highest BCUT2D eigenvalue weighted by Gasteiger charge is 2.24. The van der Waals surface area contributed by atoms with Crippen molar-refractivity contribution in [3.63, 3.8) is 0 Å². The summed E-state index contributed by atoms with van der Waals surface area (Å²) < 4.78 is 14.1. The molecule has 0 saturated carbocycles. The Bertz CT molecular complexity index is 962. The first-order chi connectivity index (χ1) is 13.5. The second-order valence-corrected chi connectivity index (χ2v) is 6.99. The van der Waals surface area contributed by atoms with Crippen LogP contribution in [0, 0.1) is 19.7 Å². The maximum absolute atomic E-state index is 14.1. The molecule has 0 aliphatic rings. The number of aryl methyl sites for hydroxylation is 2. The summed E-state index contributed by atoms with van der Waals surface area (Å²) in [5.74, 6) is -0.465. The number of nitrogens with two attached hydrogens (primary N) is 1. The molecule has 3 rings (SSSR count). The highest BCUT2D eigenvalue weighted by molar-refractivity contribution is 5.97. The van der Waals surface area contributed by atoms with Crippen molar-refractivity contribution in [2.24, 2.45) is 5.73 Å². The Hall–Kier alpha value is -2.69. The van der Waals surface area contributed by atoms with Crippen molar-refractivity contribution in [2.45, 2.75) is 26.3 Å². The van der Waals surface area contributed by atoms with Crippen molar-refractivity contribution in [3.8, 4) is 0 Å². The Morgan fingerprint density at radius 2 is 1.62 bits per heavy atom. The molecule has 0 aliphatic heterocycles. The van der Waals surface area contributed by atoms with Gasteiger partial charge in [-0.3, -0.25) is 4.79 Å². The molecular formula is C24H26ClFN2O. The van der Waals surface area contributed by atoms with Crippen molar-refractivity contribution in [2.75, 3.05) is 11.4 Å². The van der Waals surface area contributed by atoms with Crippen molar-refractivity contribution in [3.05, 3.63) is 101 Å². The van der Waals surface area contributed by atoms with Crippen LogP contribution in [-0.2, 0) is 11.2 Å². The Morgan fingerprint density at radius 1 is 0.966 bits per heavy atom. The molecule has 2 N–H and O–H groups in total. The van der Waals surface area contributed by atoms with Crippen molar-refractivity contribution in [1.82, 2.24) is 0 Å². The van der Waals surface area contributed by atoms with Crippen LogP contribution >= 0.6 is 12.4 Å². The van der Waals surface area contributed by atoms with E-state index in [1.54, 1.807) is 23.1 Å². The van der Waals surface area contributed by atoms with Gasteiger partial charge in [-0.25, -0.2) is 4.39 Å². The smallest absolute Gasteiger partial charge is 0.248 e. The van der Waals surface area contributed by atoms with Crippen LogP contribution in [0.15, 0.2) is 72.8 Å². The number of benzene rings is 3. The Balaban J connectivity index is 0.00000300. The zero-order valence-electron chi connectivity index (χ0n) is 16.6. The zero-order chi connectivity index (χ0) is 20.1. The second kappa shape index (κ2) is 10.2. The maximum atomic E-state index is 14.1. The standard InChI is InChI=1S/C24H25FN2O.ClH/c1-17-12-13-21(16-18(17)2)27(15-14-19-8-6-7-11-22(19)25)24(28)23(26)20-9-4-3-5-10-20;/h3-13,16,23H,14-15,26H2,1-2H3;1H. The molecule has 0 heterocycles. The summed E-state index contributed by atoms with van der Waals surface area (Å²) in [7, 11) is 0. The molecule has 0 radical (unpaired) electrons. The molecule has 0 fully saturated rings. The average Bonchev–Trinajstić information content (AvgIpc) is 2.72. The van der Waals surface area contributed by atoms with Crippen molar-refractivity contribution in [1.29, 1.82) is 0 Å². The van der Waals surface area contributed by atoms with E-state index in [0.717, 1.165) is 22.4 Å². The third-order valence-corrected chi connectivity index (χ3v) is 5.06. The first-order valence-corrected chi connectivity index (χ1v) is 9.40. The van der Waals surface area contributed by atoms with Gasteiger partial charge < -0.3 is 10.6 Å². The fourth-order valence-electron chi connectivity index (χ4n) is 3.16. The largest absolute Gasteiger partial charge is 0.316 e. The van der Waals surface area contributed by atoms with Gasteiger partial charge in [-0.15, -0.1) is 12.4 Å². The topological polar surface area (TPSA) is 46.3 Å². The van der Waals surface area contributed by atoms with E-state index in [-0.39, 0.29) is 24.1 Å². The molecule has 0 aromatic heterocycles. The van der Waals surface area contributed by atoms with E-state index in [4.69, 9.17) is 5.73 Å². The maximum Gasteiger partial charge on any atom is 0.248 e. The van der Waals surface area contributed by atoms with E-state index < -0.39 is 6.04 Å². The minimum Gasteiger partial charge on any atom is -0.316 e. The molecule has 0 spiro atoms. The summed E-state index contributed by atoms with van der Waals surface area (Å²) in [5, 5.41) is 0. The molecule has 1 unspecified atom stereocenters. The third-order valence-electron chi connectivity index (χ3n) is 5.06. The van der Waals surface area contributed by atoms with Crippen LogP contribution < -0.4 is 10.6 Å². The highest BCUT2D eigenvalue weighted by Crippen LogP contribution is 2.23. The molecule has 3 aromatic rings. The Morgan fingerprint density at radius 3 is 2.28 bits per heavy atom. The van der Waals surface area contributed by atoms with Crippen LogP contribution in [-0.4, -0.2) is 12.5 Å². The number of amides is 1. The molecule has 0 saturated heterocycles. The normalized spacial score (nSPS) is 11.4. The van der Waals surface area contributed by atoms with Gasteiger partial charge >= 0.3 is 0 Å². The molecule has 5 heteroatoms. The van der Waals surface area contributed by atoms with E-state index in [0.29, 0.717) is 18.5 Å². The van der Waals surface area contributed by atoms with Gasteiger partial charge in [0.1, 0.15) is 11.9 Å². The number of rotatable bonds is 6. The molecule has 3 aromatic carbocycles. The first kappa shape index (κ1) is 22.6. The highest BCUT2D eigenvalue weighted by atomic mass is 35.5. The van der Waals surface area contributed by atoms with Gasteiger partial charge in [-0.05, 0) is 60.7 Å². The minimum absolute atomic E-state index is 0. The van der Waals surface area contributed by atoms with E-state index >= 15 is 0 Å². The van der Waals surface area contributed by atoms with Crippen molar-refractivity contribution >= 4 is 24.0 Å². The number of carbonyl (C=O) groups is 1. The monoisotopic (exact) mass is 412 g/mol. The molecule has 1 atom stereocenters. The first-order valence-electron chi connectivity index (χ1n) is 9.40. The number of anilines is 1. The van der Waals surface area contributed by atoms with Crippen molar-refractivity contribution < 1.29 is 9.18 Å². The molecule has 29 heavy (non-hydrogen) atoms. The van der Waals surface area contributed by atoms with Crippen LogP contribution in [0.2, 0.25) is 0 Å². The van der Waals surface area contributed by atoms with Gasteiger partial charge in [0, 0.05) is 12.2 Å². The Kier molecular flexibility index (Phi) is 7.94. The van der Waals surface area contributed by atoms with Gasteiger partial charge in [-0.2, -0.15) is 0 Å². The number of nitrogens with zero attached hydrogens (tertiary/aromatic N) is 1. The van der Waals surface area contributed by atoms with Crippen LogP contribution in [0.1, 0.15) is 28.3 Å². The van der Waals surface area contributed by atoms with Gasteiger partial charge in [0.25, 0.3) is 0 Å². The van der Waals surface area contributed by atoms with Gasteiger partial charge in [0.15, 0.2) is 0 Å². The summed E-state index contributed by atoms with van der Waals surface area (Å²) in [4.78, 5) is 14.9. The fourth-order valence-corrected chi connectivity index (χ4v) is 3.16. The van der Waals surface area contributed by atoms with Crippen LogP contribution in [0.5, 0.6) is 0 Å². The summed E-state index contributed by atoms with van der Waals surface area (Å²) in [6, 6.07) is 21.1. The molecule has 152 valence electrons. The minimum atomic E-state index is -0.775. The molecule has 3 nitrogen and oxygen atoms in total. The van der Waals surface area contributed by atoms with Gasteiger partial charge in [0.2, 0.25) is 5.91 Å². The molecule has 1 amide bonds. The van der Waals surface area contributed by atoms with E-state index in [9.17, 15) is 9.18 Å². The fraction of sp³-hybridized carbons (Fsp3) is 0.208. The van der Waals surface area contributed by atoms with E-state index in [2.05, 4.69) is 0 Å². The van der Waals surface area contributed by atoms with Gasteiger partial charge in [-0.1, -0.05) is 54.6 Å². The quantitative estimate of drug-likeness (QED) is 0.609. The van der Waals surface area contributed by atoms with Gasteiger partial charge in [0.05, 0.1) is 0 Å². The lowest BCUT2D eigenvalue weighted by molar-refractivity contribution is -0.120. The van der Waals surface area contributed by atoms with Crippen LogP contribution in [0.25, 0.3) is 0 Å². The summed E-state index contributed by atoms with van der Waals surface area (Å²) >= 11 is 0. The summed E-state index contributed by atoms with van der Waals surface area (Å²) in [6.45, 7) is 4.39. The van der Waals surface area contributed by atoms with E-state index in [1.165, 1.54) is 6.07 Å². The number of halogens is 2. The van der Waals surface area contributed by atoms with Crippen LogP contribution in [0.4, 0.5) is 10.1 Å². The molecule has 0 aliphatic carbocycles. The van der Waals surface area contributed by atoms with Crippen LogP contribution in [0.3, 0.4) is 0 Å². The predicted octanol–water partition coefficient (Wildman–Crippen LogP) is 5.14. The average molecular weight is 413 g/mol. The summed E-state index contributed by atoms with van der Waals surface area (Å²) in [6.07, 6.45) is 0.410. The molecular weight excluding hydrogens is 387 g/mol. The lowest BCUT2D eigenvalue weighted by Gasteiger charge is -2.27. The predicted molar refractivity (Wildman–Crippen MR) is 119 cm³/mol. The van der Waals surface area contributed by atoms with E-state index in [1.807, 2.05) is 62.4 Å². The number of hydrogen-bond acceptors (Lipinski definition) is 2.